The summed E-state index contributed by atoms with van der Waals surface area (Å²) in [5.41, 5.74) is 11.7. The third-order valence-electron chi connectivity index (χ3n) is 4.50. The van der Waals surface area contributed by atoms with Gasteiger partial charge in [-0.3, -0.25) is 0 Å². The summed E-state index contributed by atoms with van der Waals surface area (Å²) in [5, 5.41) is 8.48. The molecule has 2 aliphatic carbocycles. The van der Waals surface area contributed by atoms with E-state index in [1.807, 2.05) is 36.4 Å². The Hall–Kier alpha value is -2.95. The van der Waals surface area contributed by atoms with E-state index in [1.54, 1.807) is 0 Å². The van der Waals surface area contributed by atoms with E-state index in [0.717, 1.165) is 48.2 Å². The Morgan fingerprint density at radius 1 is 0.708 bits per heavy atom. The molecule has 2 N–H and O–H groups in total. The lowest BCUT2D eigenvalue weighted by atomic mass is 10.1. The zero-order valence-corrected chi connectivity index (χ0v) is 13.2. The number of fused-ring (bicyclic) bond motifs is 2. The van der Waals surface area contributed by atoms with Crippen LogP contribution in [0.2, 0.25) is 0 Å². The highest BCUT2D eigenvalue weighted by molar-refractivity contribution is 6.05. The van der Waals surface area contributed by atoms with Gasteiger partial charge >= 0.3 is 6.03 Å². The molecule has 0 aromatic heterocycles. The molecule has 5 nitrogen and oxygen atoms in total. The van der Waals surface area contributed by atoms with Crippen LogP contribution in [0, 0.1) is 0 Å². The highest BCUT2D eigenvalue weighted by Crippen LogP contribution is 2.22. The van der Waals surface area contributed by atoms with E-state index in [2.05, 4.69) is 33.2 Å². The minimum Gasteiger partial charge on any atom is -0.245 e. The van der Waals surface area contributed by atoms with Gasteiger partial charge in [0.1, 0.15) is 0 Å². The topological polar surface area (TPSA) is 65.8 Å². The number of rotatable bonds is 2. The first-order valence-electron chi connectivity index (χ1n) is 8.17. The number of carbonyl (C=O) groups excluding carboxylic acids is 1. The van der Waals surface area contributed by atoms with Gasteiger partial charge in [-0.25, -0.2) is 15.6 Å². The Kier molecular flexibility index (Phi) is 3.83. The van der Waals surface area contributed by atoms with E-state index < -0.39 is 6.03 Å². The lowest BCUT2D eigenvalue weighted by Crippen LogP contribution is -2.30. The fraction of sp³-hybridized carbons (Fsp3) is 0.211. The van der Waals surface area contributed by atoms with Crippen LogP contribution >= 0.6 is 0 Å². The van der Waals surface area contributed by atoms with Crippen molar-refractivity contribution in [3.63, 3.8) is 0 Å². The molecule has 2 aromatic carbocycles. The molecule has 0 unspecified atom stereocenters. The number of benzene rings is 2. The zero-order chi connectivity index (χ0) is 16.4. The minimum absolute atomic E-state index is 0.413. The molecule has 2 amide bonds. The SMILES string of the molecule is O=C(N/N=C1\CCc2ccccc21)N/N=C1\CCc2ccccc21. The molecule has 120 valence electrons. The summed E-state index contributed by atoms with van der Waals surface area (Å²) in [5.74, 6) is 0. The summed E-state index contributed by atoms with van der Waals surface area (Å²) in [6, 6.07) is 15.9. The summed E-state index contributed by atoms with van der Waals surface area (Å²) < 4.78 is 0. The van der Waals surface area contributed by atoms with Crippen LogP contribution in [0.3, 0.4) is 0 Å². The maximum Gasteiger partial charge on any atom is 0.355 e. The number of urea groups is 1. The number of nitrogens with zero attached hydrogens (tertiary/aromatic N) is 2. The van der Waals surface area contributed by atoms with Crippen LogP contribution in [0.25, 0.3) is 0 Å². The molecule has 0 saturated heterocycles. The van der Waals surface area contributed by atoms with E-state index in [4.69, 9.17) is 0 Å². The van der Waals surface area contributed by atoms with E-state index in [1.165, 1.54) is 11.1 Å². The summed E-state index contributed by atoms with van der Waals surface area (Å²) in [6.07, 6.45) is 3.64. The number of hydrogen-bond donors (Lipinski definition) is 2. The monoisotopic (exact) mass is 318 g/mol. The van der Waals surface area contributed by atoms with Gasteiger partial charge in [0.25, 0.3) is 0 Å². The molecular weight excluding hydrogens is 300 g/mol. The Bertz CT molecular complexity index is 784. The second-order valence-corrected chi connectivity index (χ2v) is 5.98. The van der Waals surface area contributed by atoms with Crippen LogP contribution in [0.1, 0.15) is 35.1 Å². The maximum absolute atomic E-state index is 11.9. The van der Waals surface area contributed by atoms with Crippen LogP contribution in [0.15, 0.2) is 58.7 Å². The van der Waals surface area contributed by atoms with Crippen molar-refractivity contribution in [3.05, 3.63) is 70.8 Å². The molecule has 0 aliphatic heterocycles. The lowest BCUT2D eigenvalue weighted by Gasteiger charge is -2.03. The van der Waals surface area contributed by atoms with Gasteiger partial charge in [0.05, 0.1) is 11.4 Å². The van der Waals surface area contributed by atoms with Crippen LogP contribution in [-0.2, 0) is 12.8 Å². The molecule has 0 radical (unpaired) electrons. The van der Waals surface area contributed by atoms with E-state index in [-0.39, 0.29) is 0 Å². The molecule has 0 spiro atoms. The normalized spacial score (nSPS) is 18.5. The van der Waals surface area contributed by atoms with Gasteiger partial charge in [-0.05, 0) is 36.8 Å². The minimum atomic E-state index is -0.413. The first kappa shape index (κ1) is 14.6. The summed E-state index contributed by atoms with van der Waals surface area (Å²) in [7, 11) is 0. The second kappa shape index (κ2) is 6.28. The highest BCUT2D eigenvalue weighted by Gasteiger charge is 2.18. The molecule has 0 bridgehead atoms. The third-order valence-corrected chi connectivity index (χ3v) is 4.50. The molecule has 0 fully saturated rings. The van der Waals surface area contributed by atoms with Crippen molar-refractivity contribution in [3.8, 4) is 0 Å². The zero-order valence-electron chi connectivity index (χ0n) is 13.2. The van der Waals surface area contributed by atoms with Gasteiger partial charge in [-0.1, -0.05) is 48.5 Å². The van der Waals surface area contributed by atoms with Crippen LogP contribution < -0.4 is 10.9 Å². The quantitative estimate of drug-likeness (QED) is 0.821. The van der Waals surface area contributed by atoms with E-state index in [9.17, 15) is 4.79 Å². The number of hydrogen-bond acceptors (Lipinski definition) is 3. The molecule has 2 aromatic rings. The van der Waals surface area contributed by atoms with Crippen molar-refractivity contribution in [1.29, 1.82) is 0 Å². The van der Waals surface area contributed by atoms with Crippen LogP contribution in [0.4, 0.5) is 4.79 Å². The van der Waals surface area contributed by atoms with Crippen LogP contribution in [-0.4, -0.2) is 17.5 Å². The third kappa shape index (κ3) is 2.80. The van der Waals surface area contributed by atoms with Crippen molar-refractivity contribution in [2.24, 2.45) is 10.2 Å². The average molecular weight is 318 g/mol. The fourth-order valence-electron chi connectivity index (χ4n) is 3.31. The molecule has 0 saturated carbocycles. The Balaban J connectivity index is 1.40. The number of carbonyl (C=O) groups is 1. The summed E-state index contributed by atoms with van der Waals surface area (Å²) in [4.78, 5) is 11.9. The Morgan fingerprint density at radius 3 is 1.67 bits per heavy atom. The molecule has 0 atom stereocenters. The largest absolute Gasteiger partial charge is 0.355 e. The molecule has 2 aliphatic rings. The van der Waals surface area contributed by atoms with Crippen molar-refractivity contribution in [2.45, 2.75) is 25.7 Å². The van der Waals surface area contributed by atoms with E-state index >= 15 is 0 Å². The standard InChI is InChI=1S/C19H18N4O/c24-19(22-20-17-11-9-13-5-1-3-7-15(13)17)23-21-18-12-10-14-6-2-4-8-16(14)18/h1-8H,9-12H2,(H2,22,23,24)/b20-17+,21-18+. The molecular formula is C19H18N4O. The van der Waals surface area contributed by atoms with Gasteiger partial charge in [0.2, 0.25) is 0 Å². The molecule has 5 heteroatoms. The highest BCUT2D eigenvalue weighted by atomic mass is 16.2. The molecule has 24 heavy (non-hydrogen) atoms. The predicted molar refractivity (Wildman–Crippen MR) is 94.3 cm³/mol. The molecule has 4 rings (SSSR count). The summed E-state index contributed by atoms with van der Waals surface area (Å²) >= 11 is 0. The number of amides is 2. The number of hydrazone groups is 2. The Labute approximate surface area is 140 Å². The predicted octanol–water partition coefficient (Wildman–Crippen LogP) is 2.99. The van der Waals surface area contributed by atoms with Gasteiger partial charge in [0, 0.05) is 11.1 Å². The van der Waals surface area contributed by atoms with Gasteiger partial charge in [-0.15, -0.1) is 0 Å². The fourth-order valence-corrected chi connectivity index (χ4v) is 3.31. The van der Waals surface area contributed by atoms with Gasteiger partial charge in [0.15, 0.2) is 0 Å². The number of aryl methyl sites for hydroxylation is 2. The van der Waals surface area contributed by atoms with Crippen molar-refractivity contribution < 1.29 is 4.79 Å². The van der Waals surface area contributed by atoms with Gasteiger partial charge in [-0.2, -0.15) is 10.2 Å². The van der Waals surface area contributed by atoms with Gasteiger partial charge < -0.3 is 0 Å². The number of nitrogens with one attached hydrogen (secondary N) is 2. The lowest BCUT2D eigenvalue weighted by molar-refractivity contribution is 0.242. The first-order valence-corrected chi connectivity index (χ1v) is 8.17. The molecule has 0 heterocycles. The van der Waals surface area contributed by atoms with Crippen molar-refractivity contribution in [2.75, 3.05) is 0 Å². The average Bonchev–Trinajstić information content (AvgIpc) is 3.22. The first-order chi connectivity index (χ1) is 11.8. The van der Waals surface area contributed by atoms with Crippen molar-refractivity contribution >= 4 is 17.5 Å². The second-order valence-electron chi connectivity index (χ2n) is 5.98. The summed E-state index contributed by atoms with van der Waals surface area (Å²) in [6.45, 7) is 0. The van der Waals surface area contributed by atoms with Crippen LogP contribution in [0.5, 0.6) is 0 Å². The van der Waals surface area contributed by atoms with E-state index in [0.29, 0.717) is 0 Å². The Morgan fingerprint density at radius 2 is 1.17 bits per heavy atom. The van der Waals surface area contributed by atoms with Crippen molar-refractivity contribution in [1.82, 2.24) is 10.9 Å². The smallest absolute Gasteiger partial charge is 0.245 e. The maximum atomic E-state index is 11.9.